The molecule has 2 aromatic carbocycles. The molecular weight excluding hydrogens is 366 g/mol. The summed E-state index contributed by atoms with van der Waals surface area (Å²) in [6, 6.07) is 12.9. The summed E-state index contributed by atoms with van der Waals surface area (Å²) in [4.78, 5) is 2.34. The highest BCUT2D eigenvalue weighted by Gasteiger charge is 2.30. The number of alkyl halides is 3. The van der Waals surface area contributed by atoms with Crippen LogP contribution in [0, 0.1) is 0 Å². The molecule has 1 unspecified atom stereocenters. The predicted octanol–water partition coefficient (Wildman–Crippen LogP) is 5.12. The molecule has 1 atom stereocenters. The molecule has 0 aromatic heterocycles. The van der Waals surface area contributed by atoms with Crippen molar-refractivity contribution in [3.05, 3.63) is 64.7 Å². The molecule has 3 rings (SSSR count). The maximum Gasteiger partial charge on any atom is 0.209 e. The number of piperazine rings is 1. The Kier molecular flexibility index (Phi) is 6.72. The maximum absolute atomic E-state index is 15.3. The van der Waals surface area contributed by atoms with Crippen molar-refractivity contribution in [2.75, 3.05) is 31.1 Å². The van der Waals surface area contributed by atoms with Crippen LogP contribution in [0.25, 0.3) is 0 Å². The average Bonchev–Trinajstić information content (AvgIpc) is 2.72. The lowest BCUT2D eigenvalue weighted by Gasteiger charge is -2.32. The van der Waals surface area contributed by atoms with Crippen LogP contribution in [0.4, 0.5) is 14.5 Å². The van der Waals surface area contributed by atoms with Crippen molar-refractivity contribution in [1.29, 1.82) is 0 Å². The van der Waals surface area contributed by atoms with Gasteiger partial charge in [0.1, 0.15) is 6.67 Å². The first-order valence-corrected chi connectivity index (χ1v) is 10.0. The van der Waals surface area contributed by atoms with Gasteiger partial charge in [0.15, 0.2) is 0 Å². The SMILES string of the molecule is CCc1cc(C(F)(Cl)CCc2ccccc2CF)ccc1N1CCNCC1. The Bertz CT molecular complexity index is 758. The van der Waals surface area contributed by atoms with Gasteiger partial charge in [-0.3, -0.25) is 0 Å². The van der Waals surface area contributed by atoms with E-state index in [2.05, 4.69) is 17.1 Å². The Hall–Kier alpha value is -1.65. The maximum atomic E-state index is 15.3. The zero-order chi connectivity index (χ0) is 19.3. The van der Waals surface area contributed by atoms with Gasteiger partial charge in [-0.15, -0.1) is 0 Å². The van der Waals surface area contributed by atoms with Crippen molar-refractivity contribution in [1.82, 2.24) is 5.32 Å². The highest BCUT2D eigenvalue weighted by molar-refractivity contribution is 6.22. The smallest absolute Gasteiger partial charge is 0.209 e. The van der Waals surface area contributed by atoms with Crippen molar-refractivity contribution in [3.63, 3.8) is 0 Å². The number of nitrogens with zero attached hydrogens (tertiary/aromatic N) is 1. The summed E-state index contributed by atoms with van der Waals surface area (Å²) in [6.07, 6.45) is 1.34. The molecule has 1 aliphatic heterocycles. The fraction of sp³-hybridized carbons (Fsp3) is 0.455. The molecule has 5 heteroatoms. The number of rotatable bonds is 7. The summed E-state index contributed by atoms with van der Waals surface area (Å²) in [6.45, 7) is 5.36. The molecule has 0 radical (unpaired) electrons. The molecule has 2 aromatic rings. The zero-order valence-corrected chi connectivity index (χ0v) is 16.5. The minimum Gasteiger partial charge on any atom is -0.369 e. The number of hydrogen-bond acceptors (Lipinski definition) is 2. The molecule has 1 fully saturated rings. The van der Waals surface area contributed by atoms with Gasteiger partial charge in [0.05, 0.1) is 0 Å². The second-order valence-corrected chi connectivity index (χ2v) is 7.64. The van der Waals surface area contributed by atoms with Crippen LogP contribution in [0.15, 0.2) is 42.5 Å². The highest BCUT2D eigenvalue weighted by atomic mass is 35.5. The lowest BCUT2D eigenvalue weighted by Crippen LogP contribution is -2.43. The molecule has 1 aliphatic rings. The number of aryl methyl sites for hydroxylation is 2. The minimum absolute atomic E-state index is 0.113. The molecule has 0 saturated carbocycles. The number of hydrogen-bond donors (Lipinski definition) is 1. The van der Waals surface area contributed by atoms with E-state index < -0.39 is 11.8 Å². The van der Waals surface area contributed by atoms with Gasteiger partial charge in [-0.05, 0) is 41.7 Å². The van der Waals surface area contributed by atoms with Gasteiger partial charge in [-0.1, -0.05) is 48.9 Å². The van der Waals surface area contributed by atoms with Gasteiger partial charge in [-0.2, -0.15) is 0 Å². The molecule has 1 N–H and O–H groups in total. The van der Waals surface area contributed by atoms with Crippen LogP contribution >= 0.6 is 11.6 Å². The third-order valence-electron chi connectivity index (χ3n) is 5.31. The minimum atomic E-state index is -1.96. The van der Waals surface area contributed by atoms with Crippen molar-refractivity contribution in [2.24, 2.45) is 0 Å². The summed E-state index contributed by atoms with van der Waals surface area (Å²) < 4.78 is 28.4. The largest absolute Gasteiger partial charge is 0.369 e. The van der Waals surface area contributed by atoms with Crippen LogP contribution < -0.4 is 10.2 Å². The van der Waals surface area contributed by atoms with Crippen molar-refractivity contribution in [2.45, 2.75) is 38.0 Å². The van der Waals surface area contributed by atoms with Gasteiger partial charge >= 0.3 is 0 Å². The van der Waals surface area contributed by atoms with E-state index in [1.54, 1.807) is 18.2 Å². The van der Waals surface area contributed by atoms with Crippen LogP contribution in [-0.4, -0.2) is 26.2 Å². The van der Waals surface area contributed by atoms with E-state index in [0.29, 0.717) is 17.5 Å². The summed E-state index contributed by atoms with van der Waals surface area (Å²) in [5.74, 6) is 0. The van der Waals surface area contributed by atoms with E-state index in [1.807, 2.05) is 24.3 Å². The van der Waals surface area contributed by atoms with Gasteiger partial charge in [0.2, 0.25) is 5.13 Å². The third kappa shape index (κ3) is 4.80. The lowest BCUT2D eigenvalue weighted by molar-refractivity contribution is 0.265. The van der Waals surface area contributed by atoms with Gasteiger partial charge in [-0.25, -0.2) is 8.78 Å². The number of nitrogens with one attached hydrogen (secondary N) is 1. The zero-order valence-electron chi connectivity index (χ0n) is 15.8. The van der Waals surface area contributed by atoms with Crippen molar-refractivity contribution in [3.8, 4) is 0 Å². The second kappa shape index (κ2) is 9.03. The van der Waals surface area contributed by atoms with E-state index in [0.717, 1.165) is 49.4 Å². The summed E-state index contributed by atoms with van der Waals surface area (Å²) in [7, 11) is 0. The van der Waals surface area contributed by atoms with Crippen LogP contribution in [0.5, 0.6) is 0 Å². The molecule has 0 amide bonds. The van der Waals surface area contributed by atoms with Crippen LogP contribution in [-0.2, 0) is 24.6 Å². The monoisotopic (exact) mass is 392 g/mol. The Labute approximate surface area is 165 Å². The lowest BCUT2D eigenvalue weighted by atomic mass is 9.96. The molecule has 1 heterocycles. The Morgan fingerprint density at radius 2 is 1.78 bits per heavy atom. The normalized spacial score (nSPS) is 17.0. The first-order valence-electron chi connectivity index (χ1n) is 9.65. The topological polar surface area (TPSA) is 15.3 Å². The highest BCUT2D eigenvalue weighted by Crippen LogP contribution is 2.38. The number of benzene rings is 2. The first-order chi connectivity index (χ1) is 13.0. The van der Waals surface area contributed by atoms with E-state index in [-0.39, 0.29) is 6.42 Å². The van der Waals surface area contributed by atoms with Crippen molar-refractivity contribution < 1.29 is 8.78 Å². The van der Waals surface area contributed by atoms with E-state index in [1.165, 1.54) is 0 Å². The average molecular weight is 393 g/mol. The number of halogens is 3. The van der Waals surface area contributed by atoms with E-state index in [9.17, 15) is 4.39 Å². The standard InChI is InChI=1S/C22H27ClF2N2/c1-2-17-15-20(7-8-21(17)27-13-11-26-12-14-27)22(23,25)10-9-18-5-3-4-6-19(18)16-24/h3-8,15,26H,2,9-14,16H2,1H3. The molecule has 2 nitrogen and oxygen atoms in total. The van der Waals surface area contributed by atoms with E-state index >= 15 is 4.39 Å². The first kappa shape index (κ1) is 20.1. The Morgan fingerprint density at radius 1 is 1.07 bits per heavy atom. The van der Waals surface area contributed by atoms with Crippen LogP contribution in [0.2, 0.25) is 0 Å². The van der Waals surface area contributed by atoms with Gasteiger partial charge in [0.25, 0.3) is 0 Å². The molecule has 0 spiro atoms. The summed E-state index contributed by atoms with van der Waals surface area (Å²) >= 11 is 6.29. The van der Waals surface area contributed by atoms with Gasteiger partial charge < -0.3 is 10.2 Å². The van der Waals surface area contributed by atoms with Crippen LogP contribution in [0.3, 0.4) is 0 Å². The van der Waals surface area contributed by atoms with Crippen molar-refractivity contribution >= 4 is 17.3 Å². The Morgan fingerprint density at radius 3 is 2.44 bits per heavy atom. The second-order valence-electron chi connectivity index (χ2n) is 7.04. The molecular formula is C22H27ClF2N2. The quantitative estimate of drug-likeness (QED) is 0.658. The Balaban J connectivity index is 1.77. The summed E-state index contributed by atoms with van der Waals surface area (Å²) in [5.41, 5.74) is 4.18. The molecule has 146 valence electrons. The van der Waals surface area contributed by atoms with Crippen LogP contribution in [0.1, 0.15) is 35.6 Å². The fourth-order valence-electron chi connectivity index (χ4n) is 3.68. The third-order valence-corrected chi connectivity index (χ3v) is 5.72. The predicted molar refractivity (Wildman–Crippen MR) is 109 cm³/mol. The molecule has 27 heavy (non-hydrogen) atoms. The molecule has 0 bridgehead atoms. The summed E-state index contributed by atoms with van der Waals surface area (Å²) in [5, 5.41) is 1.39. The van der Waals surface area contributed by atoms with E-state index in [4.69, 9.17) is 11.6 Å². The number of anilines is 1. The molecule has 0 aliphatic carbocycles. The fourth-order valence-corrected chi connectivity index (χ4v) is 3.89. The van der Waals surface area contributed by atoms with Gasteiger partial charge in [0, 0.05) is 43.9 Å². The molecule has 1 saturated heterocycles.